The van der Waals surface area contributed by atoms with Gasteiger partial charge in [-0.15, -0.1) is 23.5 Å². The third kappa shape index (κ3) is 3.19. The van der Waals surface area contributed by atoms with Crippen molar-refractivity contribution in [1.29, 1.82) is 0 Å². The smallest absolute Gasteiger partial charge is 0.225 e. The number of hydrogen-bond acceptors (Lipinski definition) is 5. The van der Waals surface area contributed by atoms with Gasteiger partial charge in [-0.3, -0.25) is 4.79 Å². The van der Waals surface area contributed by atoms with E-state index in [9.17, 15) is 4.79 Å². The second-order valence-corrected chi connectivity index (χ2v) is 4.17. The van der Waals surface area contributed by atoms with Crippen molar-refractivity contribution >= 4 is 29.4 Å². The van der Waals surface area contributed by atoms with Crippen LogP contribution in [-0.4, -0.2) is 28.4 Å². The number of aromatic nitrogens is 2. The van der Waals surface area contributed by atoms with Crippen LogP contribution in [-0.2, 0) is 11.2 Å². The fourth-order valence-corrected chi connectivity index (χ4v) is 1.82. The standard InChI is InChI=1S/C8H11N3OS2/c1-13-7-4-8(14-2)11-6(10-7)3-5(9)12/h4H,3H2,1-2H3,(H2,9,12). The molecule has 1 aromatic rings. The maximum absolute atomic E-state index is 10.7. The minimum Gasteiger partial charge on any atom is -0.369 e. The number of amides is 1. The Bertz CT molecular complexity index is 321. The van der Waals surface area contributed by atoms with E-state index >= 15 is 0 Å². The Hall–Kier alpha value is -0.750. The van der Waals surface area contributed by atoms with Crippen molar-refractivity contribution in [1.82, 2.24) is 9.97 Å². The van der Waals surface area contributed by atoms with E-state index < -0.39 is 5.91 Å². The summed E-state index contributed by atoms with van der Waals surface area (Å²) in [6.45, 7) is 0. The molecule has 0 saturated heterocycles. The van der Waals surface area contributed by atoms with Crippen molar-refractivity contribution < 1.29 is 4.79 Å². The van der Waals surface area contributed by atoms with Crippen LogP contribution >= 0.6 is 23.5 Å². The summed E-state index contributed by atoms with van der Waals surface area (Å²) in [5, 5.41) is 1.72. The molecule has 76 valence electrons. The van der Waals surface area contributed by atoms with Gasteiger partial charge in [0, 0.05) is 6.07 Å². The van der Waals surface area contributed by atoms with Crippen molar-refractivity contribution in [3.8, 4) is 0 Å². The molecule has 6 heteroatoms. The van der Waals surface area contributed by atoms with E-state index in [1.807, 2.05) is 18.6 Å². The first-order valence-corrected chi connectivity index (χ1v) is 6.35. The highest BCUT2D eigenvalue weighted by atomic mass is 32.2. The minimum absolute atomic E-state index is 0.0992. The molecule has 0 unspecified atom stereocenters. The molecule has 2 N–H and O–H groups in total. The zero-order valence-corrected chi connectivity index (χ0v) is 9.61. The second-order valence-electron chi connectivity index (χ2n) is 2.51. The first kappa shape index (κ1) is 11.3. The molecule has 0 bridgehead atoms. The number of thioether (sulfide) groups is 2. The summed E-state index contributed by atoms with van der Waals surface area (Å²) >= 11 is 3.05. The number of nitrogens with two attached hydrogens (primary N) is 1. The van der Waals surface area contributed by atoms with Crippen LogP contribution in [0.2, 0.25) is 0 Å². The molecule has 1 rings (SSSR count). The van der Waals surface area contributed by atoms with Gasteiger partial charge in [0.05, 0.1) is 6.42 Å². The number of rotatable bonds is 4. The monoisotopic (exact) mass is 229 g/mol. The lowest BCUT2D eigenvalue weighted by molar-refractivity contribution is -0.117. The molecule has 0 aliphatic heterocycles. The molecule has 0 fully saturated rings. The molecule has 0 saturated carbocycles. The number of hydrogen-bond donors (Lipinski definition) is 1. The number of primary amides is 1. The van der Waals surface area contributed by atoms with Gasteiger partial charge in [-0.1, -0.05) is 0 Å². The molecule has 1 aromatic heterocycles. The zero-order chi connectivity index (χ0) is 10.6. The molecule has 0 radical (unpaired) electrons. The SMILES string of the molecule is CSc1cc(SC)nc(CC(N)=O)n1. The molecule has 0 atom stereocenters. The van der Waals surface area contributed by atoms with Crippen LogP contribution in [0.5, 0.6) is 0 Å². The number of carbonyl (C=O) groups excluding carboxylic acids is 1. The van der Waals surface area contributed by atoms with E-state index in [0.29, 0.717) is 5.82 Å². The molecule has 0 spiro atoms. The summed E-state index contributed by atoms with van der Waals surface area (Å²) in [4.78, 5) is 19.1. The van der Waals surface area contributed by atoms with Gasteiger partial charge in [0.2, 0.25) is 5.91 Å². The van der Waals surface area contributed by atoms with Crippen LogP contribution in [0.25, 0.3) is 0 Å². The summed E-state index contributed by atoms with van der Waals surface area (Å²) in [6, 6.07) is 1.89. The average molecular weight is 229 g/mol. The third-order valence-corrected chi connectivity index (χ3v) is 2.73. The summed E-state index contributed by atoms with van der Waals surface area (Å²) < 4.78 is 0. The largest absolute Gasteiger partial charge is 0.369 e. The fourth-order valence-electron chi connectivity index (χ4n) is 0.894. The van der Waals surface area contributed by atoms with Crippen molar-refractivity contribution in [3.05, 3.63) is 11.9 Å². The maximum atomic E-state index is 10.7. The van der Waals surface area contributed by atoms with Gasteiger partial charge in [0.1, 0.15) is 15.9 Å². The lowest BCUT2D eigenvalue weighted by Crippen LogP contribution is -2.16. The molecule has 14 heavy (non-hydrogen) atoms. The predicted molar refractivity (Wildman–Crippen MR) is 58.5 cm³/mol. The lowest BCUT2D eigenvalue weighted by atomic mass is 10.4. The maximum Gasteiger partial charge on any atom is 0.225 e. The van der Waals surface area contributed by atoms with Gasteiger partial charge < -0.3 is 5.73 Å². The van der Waals surface area contributed by atoms with Gasteiger partial charge in [0.15, 0.2) is 0 Å². The van der Waals surface area contributed by atoms with Crippen molar-refractivity contribution in [3.63, 3.8) is 0 Å². The topological polar surface area (TPSA) is 68.9 Å². The van der Waals surface area contributed by atoms with Crippen LogP contribution < -0.4 is 5.73 Å². The van der Waals surface area contributed by atoms with E-state index in [4.69, 9.17) is 5.73 Å². The molecule has 1 heterocycles. The summed E-state index contributed by atoms with van der Waals surface area (Å²) in [5.41, 5.74) is 5.07. The van der Waals surface area contributed by atoms with Gasteiger partial charge in [-0.2, -0.15) is 0 Å². The molecule has 0 aromatic carbocycles. The first-order valence-electron chi connectivity index (χ1n) is 3.90. The summed E-state index contributed by atoms with van der Waals surface area (Å²) in [6.07, 6.45) is 3.96. The van der Waals surface area contributed by atoms with Gasteiger partial charge in [0.25, 0.3) is 0 Å². The van der Waals surface area contributed by atoms with E-state index in [1.165, 1.54) is 23.5 Å². The quantitative estimate of drug-likeness (QED) is 0.615. The Morgan fingerprint density at radius 3 is 2.21 bits per heavy atom. The van der Waals surface area contributed by atoms with Crippen molar-refractivity contribution in [2.75, 3.05) is 12.5 Å². The van der Waals surface area contributed by atoms with Crippen LogP contribution in [0.3, 0.4) is 0 Å². The van der Waals surface area contributed by atoms with Crippen LogP contribution in [0.4, 0.5) is 0 Å². The van der Waals surface area contributed by atoms with Crippen LogP contribution in [0.1, 0.15) is 5.82 Å². The Kier molecular flexibility index (Phi) is 4.21. The number of nitrogens with zero attached hydrogens (tertiary/aromatic N) is 2. The number of carbonyl (C=O) groups is 1. The van der Waals surface area contributed by atoms with Gasteiger partial charge in [-0.25, -0.2) is 9.97 Å². The first-order chi connectivity index (χ1) is 6.65. The minimum atomic E-state index is -0.407. The fraction of sp³-hybridized carbons (Fsp3) is 0.375. The van der Waals surface area contributed by atoms with E-state index in [2.05, 4.69) is 9.97 Å². The molecular weight excluding hydrogens is 218 g/mol. The van der Waals surface area contributed by atoms with Crippen LogP contribution in [0, 0.1) is 0 Å². The highest BCUT2D eigenvalue weighted by Crippen LogP contribution is 2.18. The average Bonchev–Trinajstić information content (AvgIpc) is 2.16. The molecule has 0 aliphatic rings. The van der Waals surface area contributed by atoms with E-state index in [-0.39, 0.29) is 6.42 Å². The Balaban J connectivity index is 2.98. The zero-order valence-electron chi connectivity index (χ0n) is 7.98. The van der Waals surface area contributed by atoms with Gasteiger partial charge >= 0.3 is 0 Å². The summed E-state index contributed by atoms with van der Waals surface area (Å²) in [5.74, 6) is 0.0870. The van der Waals surface area contributed by atoms with Crippen LogP contribution in [0.15, 0.2) is 16.1 Å². The Morgan fingerprint density at radius 2 is 1.86 bits per heavy atom. The van der Waals surface area contributed by atoms with Gasteiger partial charge in [-0.05, 0) is 12.5 Å². The van der Waals surface area contributed by atoms with Crippen molar-refractivity contribution in [2.45, 2.75) is 16.5 Å². The normalized spacial score (nSPS) is 10.1. The van der Waals surface area contributed by atoms with E-state index in [1.54, 1.807) is 0 Å². The molecular formula is C8H11N3OS2. The third-order valence-electron chi connectivity index (χ3n) is 1.48. The van der Waals surface area contributed by atoms with Crippen molar-refractivity contribution in [2.24, 2.45) is 5.73 Å². The lowest BCUT2D eigenvalue weighted by Gasteiger charge is -2.02. The highest BCUT2D eigenvalue weighted by molar-refractivity contribution is 7.99. The predicted octanol–water partition coefficient (Wildman–Crippen LogP) is 0.948. The van der Waals surface area contributed by atoms with E-state index in [0.717, 1.165) is 10.1 Å². The highest BCUT2D eigenvalue weighted by Gasteiger charge is 2.06. The Labute approximate surface area is 91.1 Å². The molecule has 0 aliphatic carbocycles. The second kappa shape index (κ2) is 5.21. The summed E-state index contributed by atoms with van der Waals surface area (Å²) in [7, 11) is 0. The molecule has 4 nitrogen and oxygen atoms in total. The Morgan fingerprint density at radius 1 is 1.36 bits per heavy atom. The molecule has 1 amide bonds.